The number of phenols is 1. The molecule has 2 saturated carbocycles. The SMILES string of the molecule is O=C(CCc1ccc(O)c(Cl)c1)N[C@@H]1[C@H]2CC[C@@H](C2)[C@H]1CO. The van der Waals surface area contributed by atoms with Crippen molar-refractivity contribution in [2.45, 2.75) is 38.1 Å². The van der Waals surface area contributed by atoms with Gasteiger partial charge in [-0.1, -0.05) is 17.7 Å². The summed E-state index contributed by atoms with van der Waals surface area (Å²) in [5, 5.41) is 22.4. The smallest absolute Gasteiger partial charge is 0.220 e. The van der Waals surface area contributed by atoms with Crippen molar-refractivity contribution in [3.05, 3.63) is 28.8 Å². The van der Waals surface area contributed by atoms with E-state index in [1.165, 1.54) is 12.8 Å². The molecule has 120 valence electrons. The maximum absolute atomic E-state index is 12.2. The maximum Gasteiger partial charge on any atom is 0.220 e. The Morgan fingerprint density at radius 3 is 2.82 bits per heavy atom. The molecule has 1 aromatic carbocycles. The number of carbonyl (C=O) groups excluding carboxylic acids is 1. The molecule has 4 atom stereocenters. The molecule has 0 saturated heterocycles. The number of halogens is 1. The second kappa shape index (κ2) is 6.47. The van der Waals surface area contributed by atoms with Crippen LogP contribution in [0.3, 0.4) is 0 Å². The van der Waals surface area contributed by atoms with Crippen LogP contribution in [0.2, 0.25) is 5.02 Å². The van der Waals surface area contributed by atoms with Crippen molar-refractivity contribution in [3.63, 3.8) is 0 Å². The minimum Gasteiger partial charge on any atom is -0.506 e. The summed E-state index contributed by atoms with van der Waals surface area (Å²) >= 11 is 5.87. The highest BCUT2D eigenvalue weighted by molar-refractivity contribution is 6.32. The van der Waals surface area contributed by atoms with Crippen LogP contribution >= 0.6 is 11.6 Å². The van der Waals surface area contributed by atoms with E-state index in [1.807, 2.05) is 0 Å². The van der Waals surface area contributed by atoms with Crippen molar-refractivity contribution in [2.75, 3.05) is 6.61 Å². The zero-order chi connectivity index (χ0) is 15.7. The van der Waals surface area contributed by atoms with Crippen LogP contribution in [0.5, 0.6) is 5.75 Å². The Balaban J connectivity index is 1.53. The Morgan fingerprint density at radius 1 is 1.32 bits per heavy atom. The van der Waals surface area contributed by atoms with Crippen LogP contribution in [0.25, 0.3) is 0 Å². The van der Waals surface area contributed by atoms with Gasteiger partial charge in [0.15, 0.2) is 0 Å². The number of hydrogen-bond donors (Lipinski definition) is 3. The van der Waals surface area contributed by atoms with Crippen molar-refractivity contribution < 1.29 is 15.0 Å². The average Bonchev–Trinajstić information content (AvgIpc) is 3.09. The third-order valence-corrected chi connectivity index (χ3v) is 5.58. The molecule has 1 amide bonds. The highest BCUT2D eigenvalue weighted by Crippen LogP contribution is 2.48. The molecule has 0 aliphatic heterocycles. The molecule has 0 aromatic heterocycles. The summed E-state index contributed by atoms with van der Waals surface area (Å²) < 4.78 is 0. The minimum absolute atomic E-state index is 0.0280. The van der Waals surface area contributed by atoms with E-state index in [9.17, 15) is 15.0 Å². The third-order valence-electron chi connectivity index (χ3n) is 5.28. The van der Waals surface area contributed by atoms with Gasteiger partial charge in [0, 0.05) is 25.0 Å². The Morgan fingerprint density at radius 2 is 2.09 bits per heavy atom. The summed E-state index contributed by atoms with van der Waals surface area (Å²) in [6.45, 7) is 0.166. The van der Waals surface area contributed by atoms with Gasteiger partial charge in [0.1, 0.15) is 5.75 Å². The highest BCUT2D eigenvalue weighted by atomic mass is 35.5. The van der Waals surface area contributed by atoms with Crippen LogP contribution in [0.1, 0.15) is 31.2 Å². The van der Waals surface area contributed by atoms with E-state index in [0.29, 0.717) is 29.7 Å². The first-order valence-corrected chi connectivity index (χ1v) is 8.34. The quantitative estimate of drug-likeness (QED) is 0.779. The fourth-order valence-electron chi connectivity index (χ4n) is 4.12. The first kappa shape index (κ1) is 15.6. The summed E-state index contributed by atoms with van der Waals surface area (Å²) in [5.74, 6) is 1.43. The minimum atomic E-state index is 0.0280. The van der Waals surface area contributed by atoms with Gasteiger partial charge in [-0.3, -0.25) is 4.79 Å². The van der Waals surface area contributed by atoms with E-state index in [0.717, 1.165) is 12.0 Å². The molecule has 5 heteroatoms. The predicted molar refractivity (Wildman–Crippen MR) is 84.8 cm³/mol. The van der Waals surface area contributed by atoms with Gasteiger partial charge in [-0.2, -0.15) is 0 Å². The number of phenolic OH excluding ortho intramolecular Hbond substituents is 1. The molecule has 2 aliphatic rings. The molecule has 0 spiro atoms. The monoisotopic (exact) mass is 323 g/mol. The molecule has 22 heavy (non-hydrogen) atoms. The fourth-order valence-corrected chi connectivity index (χ4v) is 4.32. The zero-order valence-corrected chi connectivity index (χ0v) is 13.2. The van der Waals surface area contributed by atoms with Crippen LogP contribution in [-0.2, 0) is 11.2 Å². The van der Waals surface area contributed by atoms with E-state index in [2.05, 4.69) is 5.32 Å². The Bertz CT molecular complexity index is 563. The van der Waals surface area contributed by atoms with Gasteiger partial charge < -0.3 is 15.5 Å². The van der Waals surface area contributed by atoms with Crippen molar-refractivity contribution in [2.24, 2.45) is 17.8 Å². The van der Waals surface area contributed by atoms with E-state index in [-0.39, 0.29) is 30.2 Å². The van der Waals surface area contributed by atoms with Crippen LogP contribution in [0.4, 0.5) is 0 Å². The van der Waals surface area contributed by atoms with Gasteiger partial charge in [0.05, 0.1) is 5.02 Å². The number of aromatic hydroxyl groups is 1. The summed E-state index contributed by atoms with van der Waals surface area (Å²) in [4.78, 5) is 12.2. The molecule has 2 fully saturated rings. The van der Waals surface area contributed by atoms with Crippen molar-refractivity contribution in [1.82, 2.24) is 5.32 Å². The highest BCUT2D eigenvalue weighted by Gasteiger charge is 2.47. The second-order valence-electron chi connectivity index (χ2n) is 6.56. The van der Waals surface area contributed by atoms with Gasteiger partial charge >= 0.3 is 0 Å². The van der Waals surface area contributed by atoms with E-state index < -0.39 is 0 Å². The molecule has 0 radical (unpaired) electrons. The summed E-state index contributed by atoms with van der Waals surface area (Å²) in [6, 6.07) is 5.16. The molecule has 0 heterocycles. The number of carbonyl (C=O) groups is 1. The van der Waals surface area contributed by atoms with Crippen LogP contribution in [0, 0.1) is 17.8 Å². The lowest BCUT2D eigenvalue weighted by atomic mass is 9.85. The molecule has 3 rings (SSSR count). The third kappa shape index (κ3) is 3.08. The zero-order valence-electron chi connectivity index (χ0n) is 12.5. The molecule has 3 N–H and O–H groups in total. The molecular weight excluding hydrogens is 302 g/mol. The second-order valence-corrected chi connectivity index (χ2v) is 6.97. The number of aliphatic hydroxyl groups is 1. The molecule has 4 nitrogen and oxygen atoms in total. The number of fused-ring (bicyclic) bond motifs is 2. The molecule has 1 aromatic rings. The Hall–Kier alpha value is -1.26. The molecule has 2 aliphatic carbocycles. The number of nitrogens with one attached hydrogen (secondary N) is 1. The maximum atomic E-state index is 12.2. The van der Waals surface area contributed by atoms with Gasteiger partial charge in [-0.05, 0) is 55.2 Å². The standard InChI is InChI=1S/C17H22ClNO3/c18-14-7-10(1-5-15(14)21)2-6-16(22)19-17-12-4-3-11(8-12)13(17)9-20/h1,5,7,11-13,17,20-21H,2-4,6,8-9H2,(H,19,22)/t11-,12-,13+,17+/m0/s1. The first-order valence-electron chi connectivity index (χ1n) is 7.96. The predicted octanol–water partition coefficient (Wildman–Crippen LogP) is 2.50. The van der Waals surface area contributed by atoms with Crippen LogP contribution in [-0.4, -0.2) is 28.8 Å². The number of aliphatic hydroxyl groups excluding tert-OH is 1. The Kier molecular flexibility index (Phi) is 4.59. The lowest BCUT2D eigenvalue weighted by Gasteiger charge is -2.30. The van der Waals surface area contributed by atoms with E-state index in [4.69, 9.17) is 11.6 Å². The van der Waals surface area contributed by atoms with Gasteiger partial charge in [-0.25, -0.2) is 0 Å². The molecule has 2 bridgehead atoms. The number of amides is 1. The van der Waals surface area contributed by atoms with E-state index >= 15 is 0 Å². The Labute approximate surface area is 135 Å². The number of benzene rings is 1. The summed E-state index contributed by atoms with van der Waals surface area (Å²) in [7, 11) is 0. The lowest BCUT2D eigenvalue weighted by molar-refractivity contribution is -0.122. The van der Waals surface area contributed by atoms with Crippen molar-refractivity contribution in [1.29, 1.82) is 0 Å². The normalized spacial score (nSPS) is 29.7. The number of hydrogen-bond acceptors (Lipinski definition) is 3. The summed E-state index contributed by atoms with van der Waals surface area (Å²) in [5.41, 5.74) is 0.935. The van der Waals surface area contributed by atoms with Gasteiger partial charge in [0.25, 0.3) is 0 Å². The number of rotatable bonds is 5. The van der Waals surface area contributed by atoms with Crippen LogP contribution < -0.4 is 5.32 Å². The number of aryl methyl sites for hydroxylation is 1. The van der Waals surface area contributed by atoms with Crippen molar-refractivity contribution >= 4 is 17.5 Å². The van der Waals surface area contributed by atoms with Crippen LogP contribution in [0.15, 0.2) is 18.2 Å². The lowest BCUT2D eigenvalue weighted by Crippen LogP contribution is -2.45. The largest absolute Gasteiger partial charge is 0.506 e. The van der Waals surface area contributed by atoms with Gasteiger partial charge in [0.2, 0.25) is 5.91 Å². The topological polar surface area (TPSA) is 69.6 Å². The average molecular weight is 324 g/mol. The molecule has 0 unspecified atom stereocenters. The first-order chi connectivity index (χ1) is 10.6. The van der Waals surface area contributed by atoms with E-state index in [1.54, 1.807) is 18.2 Å². The summed E-state index contributed by atoms with van der Waals surface area (Å²) in [6.07, 6.45) is 4.49. The van der Waals surface area contributed by atoms with Crippen molar-refractivity contribution in [3.8, 4) is 5.75 Å². The van der Waals surface area contributed by atoms with Gasteiger partial charge in [-0.15, -0.1) is 0 Å². The molecular formula is C17H22ClNO3. The fraction of sp³-hybridized carbons (Fsp3) is 0.588.